The molecule has 0 radical (unpaired) electrons. The van der Waals surface area contributed by atoms with Gasteiger partial charge in [0.25, 0.3) is 0 Å². The highest BCUT2D eigenvalue weighted by Crippen LogP contribution is 2.25. The van der Waals surface area contributed by atoms with Crippen LogP contribution in [0.25, 0.3) is 5.69 Å². The third-order valence-electron chi connectivity index (χ3n) is 5.35. The van der Waals surface area contributed by atoms with Crippen molar-refractivity contribution in [2.75, 3.05) is 25.0 Å². The lowest BCUT2D eigenvalue weighted by molar-refractivity contribution is 0.612. The molecule has 2 N–H and O–H groups in total. The second kappa shape index (κ2) is 9.34. The maximum absolute atomic E-state index is 14.6. The minimum Gasteiger partial charge on any atom is -0.353 e. The minimum atomic E-state index is -0.290. The summed E-state index contributed by atoms with van der Waals surface area (Å²) < 4.78 is 16.3. The SMILES string of the molecule is CN=C(NCc1ccc(-n2ccnc2C)c(F)c1)NC1CCN(c2ncccc2Cl)C1. The standard InChI is InChI=1S/C22H25ClFN7/c1-15-26-9-11-31(15)20-6-5-16(12-19(20)24)13-28-22(25-2)29-17-7-10-30(14-17)21-18(23)4-3-8-27-21/h3-6,8-9,11-12,17H,7,10,13-14H2,1-2H3,(H2,25,28,29). The van der Waals surface area contributed by atoms with Crippen molar-refractivity contribution in [2.24, 2.45) is 4.99 Å². The van der Waals surface area contributed by atoms with Crippen molar-refractivity contribution in [3.63, 3.8) is 0 Å². The predicted molar refractivity (Wildman–Crippen MR) is 121 cm³/mol. The first-order chi connectivity index (χ1) is 15.0. The van der Waals surface area contributed by atoms with Crippen LogP contribution in [0.1, 0.15) is 17.8 Å². The molecule has 0 saturated carbocycles. The summed E-state index contributed by atoms with van der Waals surface area (Å²) in [6, 6.07) is 9.10. The summed E-state index contributed by atoms with van der Waals surface area (Å²) in [5.74, 6) is 1.93. The number of aromatic nitrogens is 3. The zero-order valence-corrected chi connectivity index (χ0v) is 18.3. The van der Waals surface area contributed by atoms with Crippen LogP contribution in [0, 0.1) is 12.7 Å². The molecule has 0 aliphatic carbocycles. The van der Waals surface area contributed by atoms with Gasteiger partial charge in [0.1, 0.15) is 17.5 Å². The van der Waals surface area contributed by atoms with Gasteiger partial charge in [-0.3, -0.25) is 4.99 Å². The molecule has 31 heavy (non-hydrogen) atoms. The molecule has 0 bridgehead atoms. The Bertz CT molecular complexity index is 1080. The molecular formula is C22H25ClFN7. The van der Waals surface area contributed by atoms with Crippen LogP contribution in [0.4, 0.5) is 10.2 Å². The van der Waals surface area contributed by atoms with Gasteiger partial charge >= 0.3 is 0 Å². The lowest BCUT2D eigenvalue weighted by Gasteiger charge is -2.20. The van der Waals surface area contributed by atoms with E-state index < -0.39 is 0 Å². The molecule has 1 saturated heterocycles. The van der Waals surface area contributed by atoms with Crippen LogP contribution in [0.5, 0.6) is 0 Å². The van der Waals surface area contributed by atoms with Crippen molar-refractivity contribution in [1.29, 1.82) is 0 Å². The number of anilines is 1. The van der Waals surface area contributed by atoms with Crippen molar-refractivity contribution in [3.8, 4) is 5.69 Å². The van der Waals surface area contributed by atoms with E-state index in [0.717, 1.165) is 36.7 Å². The van der Waals surface area contributed by atoms with Crippen molar-refractivity contribution >= 4 is 23.4 Å². The van der Waals surface area contributed by atoms with Crippen LogP contribution >= 0.6 is 11.6 Å². The Labute approximate surface area is 186 Å². The number of guanidine groups is 1. The van der Waals surface area contributed by atoms with Crippen molar-refractivity contribution in [3.05, 3.63) is 71.2 Å². The van der Waals surface area contributed by atoms with E-state index in [9.17, 15) is 4.39 Å². The van der Waals surface area contributed by atoms with Crippen molar-refractivity contribution < 1.29 is 4.39 Å². The fraction of sp³-hybridized carbons (Fsp3) is 0.318. The summed E-state index contributed by atoms with van der Waals surface area (Å²) in [5.41, 5.74) is 1.32. The molecule has 1 aromatic carbocycles. The van der Waals surface area contributed by atoms with Gasteiger partial charge in [0.05, 0.1) is 10.7 Å². The number of pyridine rings is 1. The first-order valence-electron chi connectivity index (χ1n) is 10.2. The zero-order chi connectivity index (χ0) is 21.8. The van der Waals surface area contributed by atoms with Gasteiger partial charge in [-0.25, -0.2) is 14.4 Å². The van der Waals surface area contributed by atoms with Gasteiger partial charge in [-0.2, -0.15) is 0 Å². The lowest BCUT2D eigenvalue weighted by Crippen LogP contribution is -2.44. The first kappa shape index (κ1) is 21.1. The topological polar surface area (TPSA) is 70.4 Å². The fourth-order valence-corrected chi connectivity index (χ4v) is 3.98. The number of hydrogen-bond acceptors (Lipinski definition) is 4. The number of nitrogens with zero attached hydrogens (tertiary/aromatic N) is 5. The van der Waals surface area contributed by atoms with Crippen LogP contribution in [0.3, 0.4) is 0 Å². The van der Waals surface area contributed by atoms with Gasteiger partial charge in [0.2, 0.25) is 0 Å². The smallest absolute Gasteiger partial charge is 0.191 e. The molecular weight excluding hydrogens is 417 g/mol. The Balaban J connectivity index is 1.34. The second-order valence-corrected chi connectivity index (χ2v) is 7.85. The molecule has 3 aromatic rings. The average molecular weight is 442 g/mol. The van der Waals surface area contributed by atoms with Gasteiger partial charge in [0.15, 0.2) is 5.96 Å². The molecule has 7 nitrogen and oxygen atoms in total. The number of nitrogens with one attached hydrogen (secondary N) is 2. The summed E-state index contributed by atoms with van der Waals surface area (Å²) in [6.07, 6.45) is 6.11. The Morgan fingerprint density at radius 3 is 2.87 bits per heavy atom. The van der Waals surface area contributed by atoms with Crippen molar-refractivity contribution in [2.45, 2.75) is 25.9 Å². The van der Waals surface area contributed by atoms with Gasteiger partial charge in [-0.1, -0.05) is 17.7 Å². The van der Waals surface area contributed by atoms with Gasteiger partial charge in [-0.05, 0) is 43.2 Å². The van der Waals surface area contributed by atoms with E-state index in [1.807, 2.05) is 25.1 Å². The van der Waals surface area contributed by atoms with Crippen LogP contribution in [-0.4, -0.2) is 46.7 Å². The summed E-state index contributed by atoms with van der Waals surface area (Å²) in [7, 11) is 1.73. The van der Waals surface area contributed by atoms with Crippen LogP contribution in [-0.2, 0) is 6.54 Å². The Kier molecular flexibility index (Phi) is 6.36. The van der Waals surface area contributed by atoms with E-state index in [-0.39, 0.29) is 11.9 Å². The number of aliphatic imine (C=N–C) groups is 1. The number of imidazole rings is 1. The quantitative estimate of drug-likeness (QED) is 0.469. The Hall–Kier alpha value is -3.13. The maximum atomic E-state index is 14.6. The highest BCUT2D eigenvalue weighted by atomic mass is 35.5. The monoisotopic (exact) mass is 441 g/mol. The predicted octanol–water partition coefficient (Wildman–Crippen LogP) is 3.31. The third-order valence-corrected chi connectivity index (χ3v) is 5.64. The first-order valence-corrected chi connectivity index (χ1v) is 10.5. The summed E-state index contributed by atoms with van der Waals surface area (Å²) in [5, 5.41) is 7.35. The molecule has 1 aliphatic rings. The van der Waals surface area contributed by atoms with Crippen LogP contribution in [0.2, 0.25) is 5.02 Å². The molecule has 162 valence electrons. The largest absolute Gasteiger partial charge is 0.353 e. The number of halogens is 2. The van der Waals surface area contributed by atoms with Crippen LogP contribution in [0.15, 0.2) is 53.9 Å². The van der Waals surface area contributed by atoms with E-state index >= 15 is 0 Å². The fourth-order valence-electron chi connectivity index (χ4n) is 3.74. The summed E-state index contributed by atoms with van der Waals surface area (Å²) in [4.78, 5) is 15.0. The van der Waals surface area contributed by atoms with E-state index in [1.54, 1.807) is 36.3 Å². The molecule has 2 aromatic heterocycles. The number of rotatable bonds is 5. The molecule has 3 heterocycles. The normalized spacial score (nSPS) is 16.6. The summed E-state index contributed by atoms with van der Waals surface area (Å²) in [6.45, 7) is 3.95. The molecule has 0 spiro atoms. The average Bonchev–Trinajstić information content (AvgIpc) is 3.40. The van der Waals surface area contributed by atoms with Crippen molar-refractivity contribution in [1.82, 2.24) is 25.2 Å². The van der Waals surface area contributed by atoms with Gasteiger partial charge in [0, 0.05) is 51.3 Å². The van der Waals surface area contributed by atoms with E-state index in [0.29, 0.717) is 23.2 Å². The molecule has 9 heteroatoms. The number of hydrogen-bond donors (Lipinski definition) is 2. The maximum Gasteiger partial charge on any atom is 0.191 e. The second-order valence-electron chi connectivity index (χ2n) is 7.44. The number of benzene rings is 1. The van der Waals surface area contributed by atoms with E-state index in [2.05, 4.69) is 30.5 Å². The molecule has 0 amide bonds. The Morgan fingerprint density at radius 2 is 2.16 bits per heavy atom. The molecule has 4 rings (SSSR count). The van der Waals surface area contributed by atoms with E-state index in [1.165, 1.54) is 6.07 Å². The highest BCUT2D eigenvalue weighted by molar-refractivity contribution is 6.32. The van der Waals surface area contributed by atoms with E-state index in [4.69, 9.17) is 11.6 Å². The highest BCUT2D eigenvalue weighted by Gasteiger charge is 2.25. The lowest BCUT2D eigenvalue weighted by atomic mass is 10.2. The van der Waals surface area contributed by atoms with Gasteiger partial charge < -0.3 is 20.1 Å². The summed E-state index contributed by atoms with van der Waals surface area (Å²) >= 11 is 6.27. The minimum absolute atomic E-state index is 0.215. The molecule has 1 atom stereocenters. The number of aryl methyl sites for hydroxylation is 1. The van der Waals surface area contributed by atoms with Crippen LogP contribution < -0.4 is 15.5 Å². The molecule has 1 aliphatic heterocycles. The zero-order valence-electron chi connectivity index (χ0n) is 17.5. The Morgan fingerprint density at radius 1 is 1.29 bits per heavy atom. The third kappa shape index (κ3) is 4.80. The molecule has 1 fully saturated rings. The molecule has 1 unspecified atom stereocenters. The van der Waals surface area contributed by atoms with Gasteiger partial charge in [-0.15, -0.1) is 0 Å².